The molecular formula is C16H28N4S. The number of hydrogen-bond acceptors (Lipinski definition) is 3. The molecule has 1 aliphatic heterocycles. The van der Waals surface area contributed by atoms with Gasteiger partial charge in [0.15, 0.2) is 5.96 Å². The SMILES string of the molecule is CCC1CCCCN1CCNC(=NC)NCc1ccsc1. The number of guanidine groups is 1. The Morgan fingerprint density at radius 2 is 2.33 bits per heavy atom. The van der Waals surface area contributed by atoms with Crippen LogP contribution in [-0.4, -0.2) is 43.6 Å². The fourth-order valence-electron chi connectivity index (χ4n) is 2.93. The van der Waals surface area contributed by atoms with Crippen molar-refractivity contribution >= 4 is 17.3 Å². The first-order valence-corrected chi connectivity index (χ1v) is 8.97. The highest BCUT2D eigenvalue weighted by molar-refractivity contribution is 7.07. The highest BCUT2D eigenvalue weighted by Gasteiger charge is 2.19. The van der Waals surface area contributed by atoms with Crippen molar-refractivity contribution in [2.45, 2.75) is 45.2 Å². The lowest BCUT2D eigenvalue weighted by Gasteiger charge is -2.35. The van der Waals surface area contributed by atoms with Crippen molar-refractivity contribution in [1.29, 1.82) is 0 Å². The molecule has 118 valence electrons. The van der Waals surface area contributed by atoms with Crippen molar-refractivity contribution in [1.82, 2.24) is 15.5 Å². The molecule has 2 rings (SSSR count). The summed E-state index contributed by atoms with van der Waals surface area (Å²) < 4.78 is 0. The molecule has 0 radical (unpaired) electrons. The Morgan fingerprint density at radius 3 is 3.05 bits per heavy atom. The molecule has 1 unspecified atom stereocenters. The van der Waals surface area contributed by atoms with Crippen LogP contribution in [0.5, 0.6) is 0 Å². The fraction of sp³-hybridized carbons (Fsp3) is 0.688. The first-order valence-electron chi connectivity index (χ1n) is 8.03. The molecule has 0 aromatic carbocycles. The van der Waals surface area contributed by atoms with Crippen molar-refractivity contribution in [3.63, 3.8) is 0 Å². The van der Waals surface area contributed by atoms with Gasteiger partial charge < -0.3 is 10.6 Å². The van der Waals surface area contributed by atoms with Crippen LogP contribution in [0.25, 0.3) is 0 Å². The van der Waals surface area contributed by atoms with E-state index in [9.17, 15) is 0 Å². The molecule has 1 aliphatic rings. The summed E-state index contributed by atoms with van der Waals surface area (Å²) in [6.07, 6.45) is 5.38. The number of piperidine rings is 1. The van der Waals surface area contributed by atoms with E-state index in [-0.39, 0.29) is 0 Å². The predicted octanol–water partition coefficient (Wildman–Crippen LogP) is 2.68. The third-order valence-corrected chi connectivity index (χ3v) is 4.91. The first-order chi connectivity index (χ1) is 10.3. The van der Waals surface area contributed by atoms with Gasteiger partial charge in [-0.05, 0) is 48.2 Å². The third kappa shape index (κ3) is 5.32. The van der Waals surface area contributed by atoms with Crippen LogP contribution in [0.1, 0.15) is 38.2 Å². The van der Waals surface area contributed by atoms with Gasteiger partial charge in [-0.25, -0.2) is 0 Å². The van der Waals surface area contributed by atoms with Crippen molar-refractivity contribution in [2.75, 3.05) is 26.7 Å². The molecule has 2 N–H and O–H groups in total. The quantitative estimate of drug-likeness (QED) is 0.627. The number of hydrogen-bond donors (Lipinski definition) is 2. The summed E-state index contributed by atoms with van der Waals surface area (Å²) in [5, 5.41) is 11.1. The molecule has 21 heavy (non-hydrogen) atoms. The number of rotatable bonds is 6. The minimum Gasteiger partial charge on any atom is -0.355 e. The first kappa shape index (κ1) is 16.3. The van der Waals surface area contributed by atoms with Crippen LogP contribution < -0.4 is 10.6 Å². The van der Waals surface area contributed by atoms with Crippen LogP contribution in [-0.2, 0) is 6.54 Å². The van der Waals surface area contributed by atoms with Gasteiger partial charge in [-0.3, -0.25) is 9.89 Å². The molecule has 2 heterocycles. The molecule has 5 heteroatoms. The van der Waals surface area contributed by atoms with Gasteiger partial charge in [0.25, 0.3) is 0 Å². The Labute approximate surface area is 132 Å². The maximum Gasteiger partial charge on any atom is 0.191 e. The number of aliphatic imine (C=N–C) groups is 1. The van der Waals surface area contributed by atoms with Gasteiger partial charge in [0.1, 0.15) is 0 Å². The van der Waals surface area contributed by atoms with Gasteiger partial charge in [0, 0.05) is 32.7 Å². The van der Waals surface area contributed by atoms with Crippen molar-refractivity contribution in [2.24, 2.45) is 4.99 Å². The van der Waals surface area contributed by atoms with Crippen LogP contribution in [0.4, 0.5) is 0 Å². The van der Waals surface area contributed by atoms with Crippen molar-refractivity contribution in [3.05, 3.63) is 22.4 Å². The molecule has 0 bridgehead atoms. The second kappa shape index (κ2) is 9.05. The Morgan fingerprint density at radius 1 is 1.43 bits per heavy atom. The minimum atomic E-state index is 0.779. The van der Waals surface area contributed by atoms with Crippen LogP contribution >= 0.6 is 11.3 Å². The molecular weight excluding hydrogens is 280 g/mol. The monoisotopic (exact) mass is 308 g/mol. The second-order valence-electron chi connectivity index (χ2n) is 5.58. The van der Waals surface area contributed by atoms with E-state index in [1.165, 1.54) is 37.8 Å². The maximum absolute atomic E-state index is 4.29. The Balaban J connectivity index is 1.68. The van der Waals surface area contributed by atoms with Crippen molar-refractivity contribution < 1.29 is 0 Å². The zero-order valence-electron chi connectivity index (χ0n) is 13.3. The molecule has 0 saturated carbocycles. The van der Waals surface area contributed by atoms with Gasteiger partial charge in [-0.15, -0.1) is 0 Å². The minimum absolute atomic E-state index is 0.779. The third-order valence-electron chi connectivity index (χ3n) is 4.18. The zero-order valence-corrected chi connectivity index (χ0v) is 14.1. The van der Waals surface area contributed by atoms with Crippen molar-refractivity contribution in [3.8, 4) is 0 Å². The highest BCUT2D eigenvalue weighted by atomic mass is 32.1. The lowest BCUT2D eigenvalue weighted by Crippen LogP contribution is -2.45. The van der Waals surface area contributed by atoms with Crippen LogP contribution in [0, 0.1) is 0 Å². The molecule has 1 aromatic heterocycles. The summed E-state index contributed by atoms with van der Waals surface area (Å²) >= 11 is 1.73. The number of thiophene rings is 1. The molecule has 1 aromatic rings. The van der Waals surface area contributed by atoms with E-state index in [4.69, 9.17) is 0 Å². The standard InChI is InChI=1S/C16H28N4S/c1-3-15-6-4-5-9-20(15)10-8-18-16(17-2)19-12-14-7-11-21-13-14/h7,11,13,15H,3-6,8-10,12H2,1-2H3,(H2,17,18,19). The molecule has 1 atom stereocenters. The summed E-state index contributed by atoms with van der Waals surface area (Å²) in [5.41, 5.74) is 1.31. The molecule has 0 amide bonds. The van der Waals surface area contributed by atoms with E-state index in [1.54, 1.807) is 11.3 Å². The summed E-state index contributed by atoms with van der Waals surface area (Å²) in [6, 6.07) is 2.92. The van der Waals surface area contributed by atoms with Gasteiger partial charge in [0.05, 0.1) is 0 Å². The van der Waals surface area contributed by atoms with E-state index in [0.29, 0.717) is 0 Å². The molecule has 1 fully saturated rings. The van der Waals surface area contributed by atoms with Gasteiger partial charge in [-0.2, -0.15) is 11.3 Å². The number of nitrogens with zero attached hydrogens (tertiary/aromatic N) is 2. The summed E-state index contributed by atoms with van der Waals surface area (Å²) in [6.45, 7) is 6.46. The highest BCUT2D eigenvalue weighted by Crippen LogP contribution is 2.18. The maximum atomic E-state index is 4.29. The summed E-state index contributed by atoms with van der Waals surface area (Å²) in [4.78, 5) is 6.92. The predicted molar refractivity (Wildman–Crippen MR) is 92.0 cm³/mol. The summed E-state index contributed by atoms with van der Waals surface area (Å²) in [7, 11) is 1.83. The normalized spacial score (nSPS) is 20.5. The van der Waals surface area contributed by atoms with E-state index in [2.05, 4.69) is 44.3 Å². The van der Waals surface area contributed by atoms with E-state index in [0.717, 1.165) is 31.6 Å². The lowest BCUT2D eigenvalue weighted by molar-refractivity contribution is 0.147. The van der Waals surface area contributed by atoms with E-state index < -0.39 is 0 Å². The number of nitrogens with one attached hydrogen (secondary N) is 2. The second-order valence-corrected chi connectivity index (χ2v) is 6.36. The van der Waals surface area contributed by atoms with E-state index >= 15 is 0 Å². The molecule has 0 aliphatic carbocycles. The van der Waals surface area contributed by atoms with Gasteiger partial charge >= 0.3 is 0 Å². The Hall–Kier alpha value is -1.07. The average molecular weight is 308 g/mol. The van der Waals surface area contributed by atoms with E-state index in [1.807, 2.05) is 7.05 Å². The topological polar surface area (TPSA) is 39.7 Å². The van der Waals surface area contributed by atoms with Crippen LogP contribution in [0.15, 0.2) is 21.8 Å². The Bertz CT molecular complexity index is 416. The number of likely N-dealkylation sites (tertiary alicyclic amines) is 1. The largest absolute Gasteiger partial charge is 0.355 e. The zero-order chi connectivity index (χ0) is 14.9. The smallest absolute Gasteiger partial charge is 0.191 e. The lowest BCUT2D eigenvalue weighted by atomic mass is 10.0. The summed E-state index contributed by atoms with van der Waals surface area (Å²) in [5.74, 6) is 0.895. The van der Waals surface area contributed by atoms with Gasteiger partial charge in [-0.1, -0.05) is 13.3 Å². The van der Waals surface area contributed by atoms with Gasteiger partial charge in [0.2, 0.25) is 0 Å². The Kier molecular flexibility index (Phi) is 7.03. The molecule has 4 nitrogen and oxygen atoms in total. The molecule has 0 spiro atoms. The van der Waals surface area contributed by atoms with Crippen LogP contribution in [0.2, 0.25) is 0 Å². The fourth-order valence-corrected chi connectivity index (χ4v) is 3.60. The average Bonchev–Trinajstić information content (AvgIpc) is 3.04. The molecule has 1 saturated heterocycles. The van der Waals surface area contributed by atoms with Crippen LogP contribution in [0.3, 0.4) is 0 Å².